The fourth-order valence-corrected chi connectivity index (χ4v) is 1.72. The van der Waals surface area contributed by atoms with Crippen molar-refractivity contribution in [2.75, 3.05) is 19.0 Å². The number of hydrogen-bond donors (Lipinski definition) is 1. The highest BCUT2D eigenvalue weighted by Crippen LogP contribution is 2.22. The van der Waals surface area contributed by atoms with Gasteiger partial charge in [0, 0.05) is 13.1 Å². The van der Waals surface area contributed by atoms with E-state index >= 15 is 0 Å². The number of nitrogens with one attached hydrogen (secondary N) is 1. The molecule has 0 aliphatic heterocycles. The summed E-state index contributed by atoms with van der Waals surface area (Å²) in [5.74, 6) is -4.42. The van der Waals surface area contributed by atoms with Crippen molar-refractivity contribution in [2.45, 2.75) is 0 Å². The van der Waals surface area contributed by atoms with Gasteiger partial charge < -0.3 is 10.1 Å². The van der Waals surface area contributed by atoms with Crippen LogP contribution in [-0.4, -0.2) is 29.4 Å². The Morgan fingerprint density at radius 3 is 2.64 bits per heavy atom. The number of nitrogens with zero attached hydrogens (tertiary/aromatic N) is 2. The number of aromatic nitrogens is 2. The molecule has 1 heterocycles. The second-order valence-corrected chi connectivity index (χ2v) is 4.40. The average molecular weight is 332 g/mol. The SMILES string of the molecule is CNc1nc(Cl)ncc1OCC(=O)c1cc(F)c(F)cc1F. The van der Waals surface area contributed by atoms with Gasteiger partial charge in [0.15, 0.2) is 29.8 Å². The molecule has 2 rings (SSSR count). The lowest BCUT2D eigenvalue weighted by Crippen LogP contribution is -2.15. The van der Waals surface area contributed by atoms with Crippen molar-refractivity contribution in [1.29, 1.82) is 0 Å². The van der Waals surface area contributed by atoms with Crippen LogP contribution in [0.1, 0.15) is 10.4 Å². The summed E-state index contributed by atoms with van der Waals surface area (Å²) in [6.45, 7) is -0.609. The minimum absolute atomic E-state index is 0.0327. The average Bonchev–Trinajstić information content (AvgIpc) is 2.49. The Morgan fingerprint density at radius 1 is 1.27 bits per heavy atom. The van der Waals surface area contributed by atoms with E-state index in [1.165, 1.54) is 6.20 Å². The first kappa shape index (κ1) is 16.0. The molecular weight excluding hydrogens is 323 g/mol. The lowest BCUT2D eigenvalue weighted by Gasteiger charge is -2.10. The van der Waals surface area contributed by atoms with Crippen molar-refractivity contribution >= 4 is 23.2 Å². The number of ether oxygens (including phenoxy) is 1. The quantitative estimate of drug-likeness (QED) is 0.518. The van der Waals surface area contributed by atoms with E-state index in [0.29, 0.717) is 12.1 Å². The predicted molar refractivity (Wildman–Crippen MR) is 72.7 cm³/mol. The number of hydrogen-bond acceptors (Lipinski definition) is 5. The first-order valence-corrected chi connectivity index (χ1v) is 6.31. The molecule has 0 aliphatic rings. The molecule has 0 amide bonds. The van der Waals surface area contributed by atoms with Gasteiger partial charge in [-0.2, -0.15) is 4.98 Å². The summed E-state index contributed by atoms with van der Waals surface area (Å²) in [5.41, 5.74) is -0.611. The maximum absolute atomic E-state index is 13.5. The van der Waals surface area contributed by atoms with Crippen molar-refractivity contribution < 1.29 is 22.7 Å². The van der Waals surface area contributed by atoms with Crippen molar-refractivity contribution in [2.24, 2.45) is 0 Å². The molecule has 1 aromatic heterocycles. The fourth-order valence-electron chi connectivity index (χ4n) is 1.59. The molecule has 0 bridgehead atoms. The van der Waals surface area contributed by atoms with Crippen LogP contribution in [0.25, 0.3) is 0 Å². The second-order valence-electron chi connectivity index (χ2n) is 4.06. The summed E-state index contributed by atoms with van der Waals surface area (Å²) >= 11 is 5.60. The van der Waals surface area contributed by atoms with Gasteiger partial charge in [0.05, 0.1) is 11.8 Å². The van der Waals surface area contributed by atoms with Gasteiger partial charge in [0.1, 0.15) is 5.82 Å². The van der Waals surface area contributed by atoms with E-state index in [4.69, 9.17) is 16.3 Å². The van der Waals surface area contributed by atoms with E-state index < -0.39 is 35.4 Å². The largest absolute Gasteiger partial charge is 0.480 e. The fraction of sp³-hybridized carbons (Fsp3) is 0.154. The van der Waals surface area contributed by atoms with Gasteiger partial charge in [-0.05, 0) is 17.7 Å². The van der Waals surface area contributed by atoms with Crippen LogP contribution in [0.15, 0.2) is 18.3 Å². The van der Waals surface area contributed by atoms with E-state index in [1.54, 1.807) is 7.05 Å². The molecule has 0 unspecified atom stereocenters. The first-order valence-electron chi connectivity index (χ1n) is 5.93. The summed E-state index contributed by atoms with van der Waals surface area (Å²) < 4.78 is 44.5. The number of Topliss-reactive ketones (excluding diaryl/α,β-unsaturated/α-hetero) is 1. The molecule has 0 saturated heterocycles. The van der Waals surface area contributed by atoms with E-state index in [9.17, 15) is 18.0 Å². The number of ketones is 1. The van der Waals surface area contributed by atoms with Crippen LogP contribution in [0, 0.1) is 17.5 Å². The lowest BCUT2D eigenvalue weighted by molar-refractivity contribution is 0.0917. The maximum atomic E-state index is 13.5. The van der Waals surface area contributed by atoms with Crippen molar-refractivity contribution in [3.05, 3.63) is 46.6 Å². The van der Waals surface area contributed by atoms with Crippen LogP contribution >= 0.6 is 11.6 Å². The normalized spacial score (nSPS) is 10.4. The number of carbonyl (C=O) groups excluding carboxylic acids is 1. The number of carbonyl (C=O) groups is 1. The maximum Gasteiger partial charge on any atom is 0.224 e. The van der Waals surface area contributed by atoms with Crippen LogP contribution in [-0.2, 0) is 0 Å². The molecule has 5 nitrogen and oxygen atoms in total. The zero-order chi connectivity index (χ0) is 16.3. The van der Waals surface area contributed by atoms with Crippen LogP contribution in [0.2, 0.25) is 5.28 Å². The Balaban J connectivity index is 2.15. The Hall–Kier alpha value is -2.35. The Kier molecular flexibility index (Phi) is 4.81. The zero-order valence-corrected chi connectivity index (χ0v) is 11.9. The molecule has 0 atom stereocenters. The third kappa shape index (κ3) is 3.45. The molecule has 22 heavy (non-hydrogen) atoms. The summed E-state index contributed by atoms with van der Waals surface area (Å²) in [6.07, 6.45) is 1.22. The minimum Gasteiger partial charge on any atom is -0.480 e. The van der Waals surface area contributed by atoms with Gasteiger partial charge in [-0.25, -0.2) is 18.2 Å². The smallest absolute Gasteiger partial charge is 0.224 e. The minimum atomic E-state index is -1.38. The van der Waals surface area contributed by atoms with Gasteiger partial charge in [-0.1, -0.05) is 0 Å². The molecular formula is C13H9ClF3N3O2. The summed E-state index contributed by atoms with van der Waals surface area (Å²) in [4.78, 5) is 19.3. The molecule has 0 spiro atoms. The molecule has 0 aliphatic carbocycles. The van der Waals surface area contributed by atoms with E-state index in [1.807, 2.05) is 0 Å². The van der Waals surface area contributed by atoms with Crippen LogP contribution in [0.3, 0.4) is 0 Å². The number of rotatable bonds is 5. The summed E-state index contributed by atoms with van der Waals surface area (Å²) in [7, 11) is 1.54. The number of anilines is 1. The standard InChI is InChI=1S/C13H9ClF3N3O2/c1-18-12-11(4-19-13(14)20-12)22-5-10(21)6-2-8(16)9(17)3-7(6)15/h2-4H,5H2,1H3,(H,18,19,20). The third-order valence-corrected chi connectivity index (χ3v) is 2.81. The van der Waals surface area contributed by atoms with Crippen LogP contribution < -0.4 is 10.1 Å². The summed E-state index contributed by atoms with van der Waals surface area (Å²) in [6, 6.07) is 0.778. The van der Waals surface area contributed by atoms with Crippen LogP contribution in [0.5, 0.6) is 5.75 Å². The first-order chi connectivity index (χ1) is 10.4. The Bertz CT molecular complexity index is 728. The Labute approximate surface area is 128 Å². The monoisotopic (exact) mass is 331 g/mol. The number of halogens is 4. The van der Waals surface area contributed by atoms with E-state index in [-0.39, 0.29) is 16.9 Å². The number of benzene rings is 1. The molecule has 0 saturated carbocycles. The van der Waals surface area contributed by atoms with Crippen molar-refractivity contribution in [3.63, 3.8) is 0 Å². The molecule has 1 N–H and O–H groups in total. The molecule has 1 aromatic carbocycles. The Morgan fingerprint density at radius 2 is 1.95 bits per heavy atom. The molecule has 116 valence electrons. The topological polar surface area (TPSA) is 64.1 Å². The predicted octanol–water partition coefficient (Wildman–Crippen LogP) is 2.85. The highest BCUT2D eigenvalue weighted by molar-refractivity contribution is 6.28. The van der Waals surface area contributed by atoms with Crippen LogP contribution in [0.4, 0.5) is 19.0 Å². The molecule has 2 aromatic rings. The van der Waals surface area contributed by atoms with E-state index in [0.717, 1.165) is 0 Å². The third-order valence-electron chi connectivity index (χ3n) is 2.63. The highest BCUT2D eigenvalue weighted by Gasteiger charge is 2.17. The molecule has 0 radical (unpaired) electrons. The van der Waals surface area contributed by atoms with Gasteiger partial charge in [0.25, 0.3) is 0 Å². The van der Waals surface area contributed by atoms with Gasteiger partial charge >= 0.3 is 0 Å². The second kappa shape index (κ2) is 6.61. The van der Waals surface area contributed by atoms with Crippen molar-refractivity contribution in [3.8, 4) is 5.75 Å². The van der Waals surface area contributed by atoms with Gasteiger partial charge in [-0.15, -0.1) is 0 Å². The van der Waals surface area contributed by atoms with Gasteiger partial charge in [0.2, 0.25) is 11.1 Å². The molecule has 9 heteroatoms. The lowest BCUT2D eigenvalue weighted by atomic mass is 10.1. The zero-order valence-electron chi connectivity index (χ0n) is 11.2. The van der Waals surface area contributed by atoms with E-state index in [2.05, 4.69) is 15.3 Å². The highest BCUT2D eigenvalue weighted by atomic mass is 35.5. The van der Waals surface area contributed by atoms with Crippen molar-refractivity contribution in [1.82, 2.24) is 9.97 Å². The van der Waals surface area contributed by atoms with Gasteiger partial charge in [-0.3, -0.25) is 4.79 Å². The summed E-state index contributed by atoms with van der Waals surface area (Å²) in [5, 5.41) is 2.64. The molecule has 0 fully saturated rings.